The average Bonchev–Trinajstić information content (AvgIpc) is 2.34. The first kappa shape index (κ1) is 13.5. The van der Waals surface area contributed by atoms with Crippen LogP contribution in [0.4, 0.5) is 5.82 Å². The molecule has 0 saturated heterocycles. The van der Waals surface area contributed by atoms with Crippen molar-refractivity contribution in [1.82, 2.24) is 4.98 Å². The van der Waals surface area contributed by atoms with Crippen molar-refractivity contribution in [2.24, 2.45) is 0 Å². The summed E-state index contributed by atoms with van der Waals surface area (Å²) in [4.78, 5) is 4.15. The molecule has 0 saturated carbocycles. The molecule has 1 aromatic heterocycles. The molecule has 94 valence electrons. The van der Waals surface area contributed by atoms with Gasteiger partial charge in [0.1, 0.15) is 5.82 Å². The van der Waals surface area contributed by atoms with Crippen LogP contribution in [0.3, 0.4) is 0 Å². The molecule has 0 bridgehead atoms. The monoisotopic (exact) mass is 300 g/mol. The number of aromatic nitrogens is 1. The SMILES string of the molecule is Clc1ccc(CCNc2ncccc2Cl)c(Cl)c1. The molecule has 0 spiro atoms. The first-order valence-electron chi connectivity index (χ1n) is 5.45. The van der Waals surface area contributed by atoms with Gasteiger partial charge in [0.15, 0.2) is 0 Å². The first-order valence-corrected chi connectivity index (χ1v) is 6.58. The van der Waals surface area contributed by atoms with Gasteiger partial charge in [0, 0.05) is 22.8 Å². The lowest BCUT2D eigenvalue weighted by molar-refractivity contribution is 1.01. The molecule has 0 aliphatic carbocycles. The van der Waals surface area contributed by atoms with Crippen LogP contribution in [-0.4, -0.2) is 11.5 Å². The van der Waals surface area contributed by atoms with Crippen molar-refractivity contribution < 1.29 is 0 Å². The summed E-state index contributed by atoms with van der Waals surface area (Å²) >= 11 is 17.9. The van der Waals surface area contributed by atoms with Crippen molar-refractivity contribution in [2.75, 3.05) is 11.9 Å². The topological polar surface area (TPSA) is 24.9 Å². The standard InChI is InChI=1S/C13H11Cl3N2/c14-10-4-3-9(12(16)8-10)5-7-18-13-11(15)2-1-6-17-13/h1-4,6,8H,5,7H2,(H,17,18). The van der Waals surface area contributed by atoms with Crippen molar-refractivity contribution in [3.63, 3.8) is 0 Å². The Hall–Kier alpha value is -0.960. The van der Waals surface area contributed by atoms with Crippen LogP contribution in [0, 0.1) is 0 Å². The maximum atomic E-state index is 6.09. The summed E-state index contributed by atoms with van der Waals surface area (Å²) in [5.41, 5.74) is 1.04. The molecule has 2 aromatic rings. The largest absolute Gasteiger partial charge is 0.369 e. The van der Waals surface area contributed by atoms with E-state index in [1.54, 1.807) is 24.4 Å². The van der Waals surface area contributed by atoms with Crippen LogP contribution in [-0.2, 0) is 6.42 Å². The summed E-state index contributed by atoms with van der Waals surface area (Å²) in [5.74, 6) is 0.684. The molecule has 0 unspecified atom stereocenters. The minimum atomic E-state index is 0.611. The highest BCUT2D eigenvalue weighted by Gasteiger charge is 2.03. The minimum Gasteiger partial charge on any atom is -0.369 e. The molecule has 0 radical (unpaired) electrons. The van der Waals surface area contributed by atoms with Crippen LogP contribution in [0.25, 0.3) is 0 Å². The highest BCUT2D eigenvalue weighted by atomic mass is 35.5. The zero-order chi connectivity index (χ0) is 13.0. The lowest BCUT2D eigenvalue weighted by atomic mass is 10.1. The average molecular weight is 302 g/mol. The van der Waals surface area contributed by atoms with Crippen LogP contribution < -0.4 is 5.32 Å². The van der Waals surface area contributed by atoms with E-state index in [1.807, 2.05) is 12.1 Å². The molecule has 2 rings (SSSR count). The Morgan fingerprint density at radius 3 is 2.61 bits per heavy atom. The van der Waals surface area contributed by atoms with Crippen molar-refractivity contribution in [1.29, 1.82) is 0 Å². The van der Waals surface area contributed by atoms with Crippen LogP contribution in [0.2, 0.25) is 15.1 Å². The van der Waals surface area contributed by atoms with Crippen molar-refractivity contribution in [2.45, 2.75) is 6.42 Å². The Morgan fingerprint density at radius 1 is 1.06 bits per heavy atom. The van der Waals surface area contributed by atoms with Gasteiger partial charge in [-0.25, -0.2) is 4.98 Å². The Morgan fingerprint density at radius 2 is 1.89 bits per heavy atom. The van der Waals surface area contributed by atoms with Crippen molar-refractivity contribution in [3.05, 3.63) is 57.2 Å². The van der Waals surface area contributed by atoms with Gasteiger partial charge in [-0.15, -0.1) is 0 Å². The smallest absolute Gasteiger partial charge is 0.144 e. The molecule has 18 heavy (non-hydrogen) atoms. The van der Waals surface area contributed by atoms with Crippen molar-refractivity contribution >= 4 is 40.6 Å². The maximum absolute atomic E-state index is 6.09. The van der Waals surface area contributed by atoms with E-state index in [1.165, 1.54) is 0 Å². The Bertz CT molecular complexity index is 544. The number of pyridine rings is 1. The molecule has 0 amide bonds. The maximum Gasteiger partial charge on any atom is 0.144 e. The predicted octanol–water partition coefficient (Wildman–Crippen LogP) is 4.70. The molecule has 2 nitrogen and oxygen atoms in total. The second-order valence-corrected chi connectivity index (χ2v) is 5.00. The molecule has 0 aliphatic rings. The normalized spacial score (nSPS) is 10.4. The van der Waals surface area contributed by atoms with Gasteiger partial charge in [-0.3, -0.25) is 0 Å². The van der Waals surface area contributed by atoms with Gasteiger partial charge >= 0.3 is 0 Å². The van der Waals surface area contributed by atoms with Gasteiger partial charge in [-0.1, -0.05) is 40.9 Å². The second kappa shape index (κ2) is 6.28. The van der Waals surface area contributed by atoms with E-state index in [-0.39, 0.29) is 0 Å². The fraction of sp³-hybridized carbons (Fsp3) is 0.154. The molecule has 0 fully saturated rings. The Labute approximate surface area is 121 Å². The van der Waals surface area contributed by atoms with E-state index in [0.717, 1.165) is 12.0 Å². The molecular formula is C13H11Cl3N2. The number of halogens is 3. The number of hydrogen-bond donors (Lipinski definition) is 1. The molecule has 0 atom stereocenters. The summed E-state index contributed by atoms with van der Waals surface area (Å²) in [7, 11) is 0. The summed E-state index contributed by atoms with van der Waals surface area (Å²) < 4.78 is 0. The molecule has 5 heteroatoms. The summed E-state index contributed by atoms with van der Waals surface area (Å²) in [5, 5.41) is 5.10. The number of benzene rings is 1. The van der Waals surface area contributed by atoms with E-state index < -0.39 is 0 Å². The summed E-state index contributed by atoms with van der Waals surface area (Å²) in [6.07, 6.45) is 2.48. The van der Waals surface area contributed by atoms with Gasteiger partial charge in [-0.05, 0) is 36.2 Å². The second-order valence-electron chi connectivity index (χ2n) is 3.75. The van der Waals surface area contributed by atoms with Gasteiger partial charge in [0.2, 0.25) is 0 Å². The van der Waals surface area contributed by atoms with Crippen LogP contribution >= 0.6 is 34.8 Å². The number of nitrogens with one attached hydrogen (secondary N) is 1. The molecular weight excluding hydrogens is 291 g/mol. The molecule has 1 heterocycles. The van der Waals surface area contributed by atoms with Gasteiger partial charge in [0.25, 0.3) is 0 Å². The van der Waals surface area contributed by atoms with Gasteiger partial charge in [0.05, 0.1) is 5.02 Å². The minimum absolute atomic E-state index is 0.611. The fourth-order valence-corrected chi connectivity index (χ4v) is 2.25. The van der Waals surface area contributed by atoms with Crippen LogP contribution in [0.15, 0.2) is 36.5 Å². The lowest BCUT2D eigenvalue weighted by Gasteiger charge is -2.08. The lowest BCUT2D eigenvalue weighted by Crippen LogP contribution is -2.06. The zero-order valence-corrected chi connectivity index (χ0v) is 11.7. The number of rotatable bonds is 4. The molecule has 1 N–H and O–H groups in total. The number of anilines is 1. The number of nitrogens with zero attached hydrogens (tertiary/aromatic N) is 1. The first-order chi connectivity index (χ1) is 8.66. The third-order valence-electron chi connectivity index (χ3n) is 2.46. The Balaban J connectivity index is 1.95. The Kier molecular flexibility index (Phi) is 4.70. The molecule has 0 aliphatic heterocycles. The van der Waals surface area contributed by atoms with Crippen LogP contribution in [0.1, 0.15) is 5.56 Å². The zero-order valence-electron chi connectivity index (χ0n) is 9.46. The van der Waals surface area contributed by atoms with E-state index in [9.17, 15) is 0 Å². The highest BCUT2D eigenvalue weighted by molar-refractivity contribution is 6.35. The highest BCUT2D eigenvalue weighted by Crippen LogP contribution is 2.22. The third-order valence-corrected chi connectivity index (χ3v) is 3.35. The summed E-state index contributed by atoms with van der Waals surface area (Å²) in [6, 6.07) is 9.09. The van der Waals surface area contributed by atoms with Gasteiger partial charge in [-0.2, -0.15) is 0 Å². The fourth-order valence-electron chi connectivity index (χ4n) is 1.56. The number of hydrogen-bond acceptors (Lipinski definition) is 2. The predicted molar refractivity (Wildman–Crippen MR) is 77.9 cm³/mol. The third kappa shape index (κ3) is 3.52. The van der Waals surface area contributed by atoms with E-state index >= 15 is 0 Å². The van der Waals surface area contributed by atoms with E-state index in [0.29, 0.717) is 27.4 Å². The van der Waals surface area contributed by atoms with Crippen molar-refractivity contribution in [3.8, 4) is 0 Å². The quantitative estimate of drug-likeness (QED) is 0.885. The summed E-state index contributed by atoms with van der Waals surface area (Å²) in [6.45, 7) is 0.706. The van der Waals surface area contributed by atoms with Gasteiger partial charge < -0.3 is 5.32 Å². The van der Waals surface area contributed by atoms with E-state index in [4.69, 9.17) is 34.8 Å². The van der Waals surface area contributed by atoms with E-state index in [2.05, 4.69) is 10.3 Å². The molecule has 1 aromatic carbocycles. The van der Waals surface area contributed by atoms with Crippen LogP contribution in [0.5, 0.6) is 0 Å².